The third-order valence-electron chi connectivity index (χ3n) is 3.26. The lowest BCUT2D eigenvalue weighted by atomic mass is 9.92. The van der Waals surface area contributed by atoms with Gasteiger partial charge >= 0.3 is 23.9 Å². The summed E-state index contributed by atoms with van der Waals surface area (Å²) in [4.78, 5) is 46.9. The van der Waals surface area contributed by atoms with Crippen molar-refractivity contribution in [1.82, 2.24) is 0 Å². The molecule has 0 aromatic rings. The maximum atomic E-state index is 11.8. The summed E-state index contributed by atoms with van der Waals surface area (Å²) in [5.74, 6) is -2.89. The van der Waals surface area contributed by atoms with Gasteiger partial charge in [0.25, 0.3) is 0 Å². The molecule has 0 bridgehead atoms. The first-order chi connectivity index (χ1) is 12.9. The second kappa shape index (κ2) is 11.5. The Bertz CT molecular complexity index is 612. The number of esters is 4. The lowest BCUT2D eigenvalue weighted by molar-refractivity contribution is -0.165. The van der Waals surface area contributed by atoms with Crippen LogP contribution in [0.4, 0.5) is 0 Å². The van der Waals surface area contributed by atoms with Crippen LogP contribution in [-0.4, -0.2) is 50.3 Å². The Morgan fingerprint density at radius 1 is 0.679 bits per heavy atom. The van der Waals surface area contributed by atoms with Crippen molar-refractivity contribution in [3.63, 3.8) is 0 Å². The van der Waals surface area contributed by atoms with E-state index in [2.05, 4.69) is 26.3 Å². The average Bonchev–Trinajstić information content (AvgIpc) is 2.65. The molecule has 0 fully saturated rings. The Labute approximate surface area is 164 Å². The molecule has 0 N–H and O–H groups in total. The van der Waals surface area contributed by atoms with Gasteiger partial charge in [-0.3, -0.25) is 0 Å². The molecular weight excluding hydrogens is 368 g/mol. The van der Waals surface area contributed by atoms with E-state index >= 15 is 0 Å². The highest BCUT2D eigenvalue weighted by molar-refractivity contribution is 5.88. The molecule has 0 aromatic carbocycles. The number of hydrogen-bond acceptors (Lipinski definition) is 8. The van der Waals surface area contributed by atoms with Gasteiger partial charge in [0.05, 0.1) is 0 Å². The monoisotopic (exact) mass is 394 g/mol. The van der Waals surface area contributed by atoms with Crippen molar-refractivity contribution in [2.24, 2.45) is 5.41 Å². The highest BCUT2D eigenvalue weighted by Crippen LogP contribution is 2.22. The predicted molar refractivity (Wildman–Crippen MR) is 101 cm³/mol. The van der Waals surface area contributed by atoms with Crippen LogP contribution in [0.1, 0.15) is 20.8 Å². The summed E-state index contributed by atoms with van der Waals surface area (Å²) in [7, 11) is 0. The van der Waals surface area contributed by atoms with Crippen LogP contribution in [0.5, 0.6) is 0 Å². The van der Waals surface area contributed by atoms with Crippen LogP contribution in [-0.2, 0) is 38.1 Å². The number of rotatable bonds is 12. The van der Waals surface area contributed by atoms with E-state index < -0.39 is 29.3 Å². The van der Waals surface area contributed by atoms with Gasteiger partial charge in [0, 0.05) is 22.8 Å². The standard InChI is InChI=1S/C20H26O8/c1-8-16(21)25-9-20(10-26-17(22)13(2)3,11-27-18(23)14(4)5)12-28-19(24)15(6)7/h8H,1-2,4,6,9-12H2,3,5,7H3. The topological polar surface area (TPSA) is 105 Å². The lowest BCUT2D eigenvalue weighted by Gasteiger charge is -2.31. The van der Waals surface area contributed by atoms with Gasteiger partial charge in [-0.1, -0.05) is 26.3 Å². The minimum absolute atomic E-state index is 0.134. The SMILES string of the molecule is C=CC(=O)OCC(COC(=O)C(=C)C)(COC(=O)C(=C)C)COC(=O)C(=C)C. The Morgan fingerprint density at radius 2 is 0.964 bits per heavy atom. The fourth-order valence-electron chi connectivity index (χ4n) is 1.56. The van der Waals surface area contributed by atoms with E-state index in [1.165, 1.54) is 20.8 Å². The first kappa shape index (κ1) is 24.8. The molecule has 0 aromatic heterocycles. The van der Waals surface area contributed by atoms with Crippen LogP contribution >= 0.6 is 0 Å². The van der Waals surface area contributed by atoms with E-state index in [-0.39, 0.29) is 43.1 Å². The van der Waals surface area contributed by atoms with Crippen molar-refractivity contribution in [3.8, 4) is 0 Å². The van der Waals surface area contributed by atoms with E-state index in [9.17, 15) is 19.2 Å². The Balaban J connectivity index is 5.61. The van der Waals surface area contributed by atoms with E-state index in [1.54, 1.807) is 0 Å². The summed E-state index contributed by atoms with van der Waals surface area (Å²) in [6.45, 7) is 16.5. The minimum Gasteiger partial charge on any atom is -0.462 e. The molecule has 0 aliphatic carbocycles. The van der Waals surface area contributed by atoms with Crippen LogP contribution < -0.4 is 0 Å². The van der Waals surface area contributed by atoms with E-state index in [1.807, 2.05) is 0 Å². The van der Waals surface area contributed by atoms with Crippen molar-refractivity contribution in [3.05, 3.63) is 49.1 Å². The minimum atomic E-state index is -1.36. The third-order valence-corrected chi connectivity index (χ3v) is 3.26. The van der Waals surface area contributed by atoms with Gasteiger partial charge in [0.1, 0.15) is 31.8 Å². The van der Waals surface area contributed by atoms with Crippen molar-refractivity contribution in [1.29, 1.82) is 0 Å². The predicted octanol–water partition coefficient (Wildman–Crippen LogP) is 2.06. The fourth-order valence-corrected chi connectivity index (χ4v) is 1.56. The summed E-state index contributed by atoms with van der Waals surface area (Å²) < 4.78 is 20.4. The van der Waals surface area contributed by atoms with Gasteiger partial charge < -0.3 is 18.9 Å². The lowest BCUT2D eigenvalue weighted by Crippen LogP contribution is -2.44. The number of ether oxygens (including phenoxy) is 4. The quantitative estimate of drug-likeness (QED) is 0.281. The van der Waals surface area contributed by atoms with Gasteiger partial charge in [-0.05, 0) is 20.8 Å². The maximum absolute atomic E-state index is 11.8. The van der Waals surface area contributed by atoms with Crippen LogP contribution in [0.15, 0.2) is 49.1 Å². The first-order valence-electron chi connectivity index (χ1n) is 8.21. The van der Waals surface area contributed by atoms with Crippen LogP contribution in [0.3, 0.4) is 0 Å². The molecule has 0 heterocycles. The number of hydrogen-bond donors (Lipinski definition) is 0. The average molecular weight is 394 g/mol. The van der Waals surface area contributed by atoms with Crippen molar-refractivity contribution in [2.75, 3.05) is 26.4 Å². The Kier molecular flexibility index (Phi) is 10.2. The fraction of sp³-hybridized carbons (Fsp3) is 0.400. The van der Waals surface area contributed by atoms with Crippen molar-refractivity contribution >= 4 is 23.9 Å². The molecule has 0 saturated carbocycles. The maximum Gasteiger partial charge on any atom is 0.333 e. The van der Waals surface area contributed by atoms with Gasteiger partial charge in [-0.2, -0.15) is 0 Å². The van der Waals surface area contributed by atoms with Gasteiger partial charge in [-0.15, -0.1) is 0 Å². The second-order valence-electron chi connectivity index (χ2n) is 6.38. The Hall–Kier alpha value is -3.16. The molecule has 0 aliphatic heterocycles. The third kappa shape index (κ3) is 8.98. The molecule has 28 heavy (non-hydrogen) atoms. The zero-order valence-corrected chi connectivity index (χ0v) is 16.5. The molecular formula is C20H26O8. The van der Waals surface area contributed by atoms with Crippen LogP contribution in [0.2, 0.25) is 0 Å². The van der Waals surface area contributed by atoms with Crippen molar-refractivity contribution in [2.45, 2.75) is 20.8 Å². The zero-order chi connectivity index (χ0) is 21.9. The largest absolute Gasteiger partial charge is 0.462 e. The molecule has 0 saturated heterocycles. The smallest absolute Gasteiger partial charge is 0.333 e. The molecule has 8 heteroatoms. The summed E-state index contributed by atoms with van der Waals surface area (Å²) in [6, 6.07) is 0. The molecule has 0 atom stereocenters. The first-order valence-corrected chi connectivity index (χ1v) is 8.21. The van der Waals surface area contributed by atoms with Gasteiger partial charge in [0.2, 0.25) is 0 Å². The molecule has 0 radical (unpaired) electrons. The summed E-state index contributed by atoms with van der Waals surface area (Å²) in [5, 5.41) is 0. The second-order valence-corrected chi connectivity index (χ2v) is 6.38. The van der Waals surface area contributed by atoms with Gasteiger partial charge in [-0.25, -0.2) is 19.2 Å². The highest BCUT2D eigenvalue weighted by Gasteiger charge is 2.38. The molecule has 0 unspecified atom stereocenters. The molecule has 0 rings (SSSR count). The summed E-state index contributed by atoms with van der Waals surface area (Å²) >= 11 is 0. The molecule has 0 spiro atoms. The van der Waals surface area contributed by atoms with E-state index in [0.29, 0.717) is 0 Å². The molecule has 0 aliphatic rings. The zero-order valence-electron chi connectivity index (χ0n) is 16.5. The highest BCUT2D eigenvalue weighted by atomic mass is 16.6. The number of carbonyl (C=O) groups is 4. The van der Waals surface area contributed by atoms with Crippen molar-refractivity contribution < 1.29 is 38.1 Å². The van der Waals surface area contributed by atoms with E-state index in [0.717, 1.165) is 6.08 Å². The summed E-state index contributed by atoms with van der Waals surface area (Å²) in [6.07, 6.45) is 0.935. The molecule has 154 valence electrons. The van der Waals surface area contributed by atoms with Gasteiger partial charge in [0.15, 0.2) is 0 Å². The summed E-state index contributed by atoms with van der Waals surface area (Å²) in [5.41, 5.74) is -0.959. The van der Waals surface area contributed by atoms with Crippen LogP contribution in [0.25, 0.3) is 0 Å². The molecule has 8 nitrogen and oxygen atoms in total. The number of carbonyl (C=O) groups excluding carboxylic acids is 4. The molecule has 0 amide bonds. The van der Waals surface area contributed by atoms with E-state index in [4.69, 9.17) is 18.9 Å². The Morgan fingerprint density at radius 3 is 1.21 bits per heavy atom. The van der Waals surface area contributed by atoms with Crippen LogP contribution in [0, 0.1) is 5.41 Å². The normalized spacial score (nSPS) is 10.2.